The molecule has 2 aliphatic rings. The van der Waals surface area contributed by atoms with Crippen LogP contribution in [-0.4, -0.2) is 76.2 Å². The summed E-state index contributed by atoms with van der Waals surface area (Å²) >= 11 is 0. The number of halogens is 1. The highest BCUT2D eigenvalue weighted by Gasteiger charge is 2.29. The van der Waals surface area contributed by atoms with Crippen LogP contribution in [0, 0.1) is 5.82 Å². The Balaban J connectivity index is 1.57. The van der Waals surface area contributed by atoms with Crippen LogP contribution in [0.15, 0.2) is 30.3 Å². The van der Waals surface area contributed by atoms with Crippen LogP contribution in [0.3, 0.4) is 0 Å². The number of fused-ring (bicyclic) bond motifs is 1. The molecule has 0 atom stereocenters. The third kappa shape index (κ3) is 4.25. The molecule has 34 heavy (non-hydrogen) atoms. The normalized spacial score (nSPS) is 18.2. The molecule has 3 aromatic rings. The van der Waals surface area contributed by atoms with Crippen LogP contribution in [0.2, 0.25) is 0 Å². The van der Waals surface area contributed by atoms with Gasteiger partial charge in [-0.05, 0) is 49.1 Å². The Labute approximate surface area is 197 Å². The Hall–Kier alpha value is -3.04. The van der Waals surface area contributed by atoms with Gasteiger partial charge in [-0.15, -0.1) is 0 Å². The van der Waals surface area contributed by atoms with Crippen molar-refractivity contribution in [2.75, 3.05) is 44.3 Å². The molecule has 0 saturated carbocycles. The molecular weight excluding hydrogens is 437 g/mol. The van der Waals surface area contributed by atoms with Crippen LogP contribution in [0.4, 0.5) is 10.1 Å². The first-order valence-corrected chi connectivity index (χ1v) is 11.9. The number of benzene rings is 1. The van der Waals surface area contributed by atoms with E-state index in [9.17, 15) is 14.3 Å². The smallest absolute Gasteiger partial charge is 0.354 e. The molecule has 2 aromatic heterocycles. The number of carboxylic acid groups (broad SMARTS) is 1. The molecule has 180 valence electrons. The number of hydrogen-bond donors (Lipinski definition) is 1. The van der Waals surface area contributed by atoms with Gasteiger partial charge < -0.3 is 14.7 Å². The maximum atomic E-state index is 13.6. The lowest BCUT2D eigenvalue weighted by Crippen LogP contribution is -2.49. The van der Waals surface area contributed by atoms with E-state index in [1.807, 2.05) is 0 Å². The van der Waals surface area contributed by atoms with Gasteiger partial charge in [0.2, 0.25) is 0 Å². The summed E-state index contributed by atoms with van der Waals surface area (Å²) in [6.45, 7) is 9.30. The van der Waals surface area contributed by atoms with Crippen molar-refractivity contribution in [3.63, 3.8) is 0 Å². The van der Waals surface area contributed by atoms with E-state index in [1.165, 1.54) is 12.1 Å². The number of hydrogen-bond acceptors (Lipinski definition) is 6. The van der Waals surface area contributed by atoms with Gasteiger partial charge in [-0.2, -0.15) is 5.10 Å². The van der Waals surface area contributed by atoms with Gasteiger partial charge in [0.05, 0.1) is 35.7 Å². The largest absolute Gasteiger partial charge is 0.477 e. The monoisotopic (exact) mass is 467 g/mol. The summed E-state index contributed by atoms with van der Waals surface area (Å²) in [5.74, 6) is -1.32. The molecule has 2 saturated heterocycles. The van der Waals surface area contributed by atoms with Crippen LogP contribution >= 0.6 is 0 Å². The second kappa shape index (κ2) is 9.31. The average Bonchev–Trinajstić information content (AvgIpc) is 3.25. The number of aromatic carboxylic acids is 1. The Kier molecular flexibility index (Phi) is 6.22. The number of morpholine rings is 1. The molecule has 4 heterocycles. The van der Waals surface area contributed by atoms with Crippen molar-refractivity contribution in [3.8, 4) is 5.69 Å². The van der Waals surface area contributed by atoms with Gasteiger partial charge in [-0.25, -0.2) is 18.9 Å². The van der Waals surface area contributed by atoms with Crippen molar-refractivity contribution in [2.24, 2.45) is 0 Å². The van der Waals surface area contributed by atoms with Gasteiger partial charge >= 0.3 is 5.97 Å². The summed E-state index contributed by atoms with van der Waals surface area (Å²) in [5.41, 5.74) is 2.83. The number of anilines is 1. The lowest BCUT2D eigenvalue weighted by Gasteiger charge is -2.41. The predicted molar refractivity (Wildman–Crippen MR) is 127 cm³/mol. The van der Waals surface area contributed by atoms with E-state index in [1.54, 1.807) is 22.9 Å². The van der Waals surface area contributed by atoms with Crippen LogP contribution in [0.5, 0.6) is 0 Å². The summed E-state index contributed by atoms with van der Waals surface area (Å²) in [6.07, 6.45) is 2.02. The van der Waals surface area contributed by atoms with Gasteiger partial charge in [-0.1, -0.05) is 13.8 Å². The van der Waals surface area contributed by atoms with Crippen LogP contribution < -0.4 is 4.90 Å². The fourth-order valence-corrected chi connectivity index (χ4v) is 5.06. The van der Waals surface area contributed by atoms with Crippen LogP contribution in [-0.2, 0) is 4.74 Å². The van der Waals surface area contributed by atoms with E-state index < -0.39 is 5.97 Å². The first-order chi connectivity index (χ1) is 16.4. The van der Waals surface area contributed by atoms with E-state index in [4.69, 9.17) is 9.84 Å². The molecule has 2 fully saturated rings. The summed E-state index contributed by atoms with van der Waals surface area (Å²) in [4.78, 5) is 21.3. The molecule has 0 aliphatic carbocycles. The topological polar surface area (TPSA) is 83.7 Å². The fraction of sp³-hybridized carbons (Fsp3) is 0.480. The minimum absolute atomic E-state index is 0.0172. The Bertz CT molecular complexity index is 1180. The van der Waals surface area contributed by atoms with Crippen LogP contribution in [0.25, 0.3) is 16.7 Å². The highest BCUT2D eigenvalue weighted by Crippen LogP contribution is 2.36. The molecule has 0 bridgehead atoms. The maximum Gasteiger partial charge on any atom is 0.354 e. The molecule has 0 unspecified atom stereocenters. The van der Waals surface area contributed by atoms with Crippen molar-refractivity contribution >= 4 is 22.7 Å². The zero-order valence-electron chi connectivity index (χ0n) is 19.6. The minimum Gasteiger partial charge on any atom is -0.477 e. The van der Waals surface area contributed by atoms with Gasteiger partial charge in [0.25, 0.3) is 0 Å². The van der Waals surface area contributed by atoms with E-state index in [0.717, 1.165) is 69.0 Å². The Morgan fingerprint density at radius 2 is 1.79 bits per heavy atom. The van der Waals surface area contributed by atoms with Crippen molar-refractivity contribution in [1.82, 2.24) is 19.7 Å². The van der Waals surface area contributed by atoms with E-state index in [-0.39, 0.29) is 17.4 Å². The number of ether oxygens (including phenoxy) is 1. The van der Waals surface area contributed by atoms with Crippen molar-refractivity contribution < 1.29 is 19.0 Å². The molecular formula is C25H30FN5O3. The highest BCUT2D eigenvalue weighted by atomic mass is 19.1. The second-order valence-corrected chi connectivity index (χ2v) is 9.33. The molecule has 0 spiro atoms. The standard InChI is InChI=1S/C25H30FN5O3/c1-16(2)23-22-21(30-9-7-18(8-10-30)29-11-13-34-14-12-29)15-20(25(32)33)27-24(22)31(28-23)19-5-3-17(26)4-6-19/h3-6,15-16,18H,7-14H2,1-2H3,(H,32,33). The van der Waals surface area contributed by atoms with E-state index >= 15 is 0 Å². The molecule has 1 aromatic carbocycles. The number of pyridine rings is 1. The van der Waals surface area contributed by atoms with Gasteiger partial charge in [0.15, 0.2) is 11.3 Å². The number of piperidine rings is 1. The third-order valence-corrected chi connectivity index (χ3v) is 6.85. The minimum atomic E-state index is -1.08. The number of nitrogens with zero attached hydrogens (tertiary/aromatic N) is 5. The first-order valence-electron chi connectivity index (χ1n) is 11.9. The Morgan fingerprint density at radius 1 is 1.12 bits per heavy atom. The molecule has 8 nitrogen and oxygen atoms in total. The summed E-state index contributed by atoms with van der Waals surface area (Å²) in [6, 6.07) is 8.21. The van der Waals surface area contributed by atoms with Crippen molar-refractivity contribution in [1.29, 1.82) is 0 Å². The molecule has 1 N–H and O–H groups in total. The zero-order chi connectivity index (χ0) is 23.8. The number of carboxylic acids is 1. The Morgan fingerprint density at radius 3 is 2.41 bits per heavy atom. The lowest BCUT2D eigenvalue weighted by molar-refractivity contribution is 0.0115. The average molecular weight is 468 g/mol. The summed E-state index contributed by atoms with van der Waals surface area (Å²) in [5, 5.41) is 15.5. The molecule has 0 radical (unpaired) electrons. The van der Waals surface area contributed by atoms with E-state index in [2.05, 4.69) is 28.6 Å². The first kappa shape index (κ1) is 22.7. The number of aromatic nitrogens is 3. The number of carbonyl (C=O) groups is 1. The van der Waals surface area contributed by atoms with Crippen molar-refractivity contribution in [3.05, 3.63) is 47.5 Å². The quantitative estimate of drug-likeness (QED) is 0.613. The summed E-state index contributed by atoms with van der Waals surface area (Å²) in [7, 11) is 0. The molecule has 2 aliphatic heterocycles. The molecule has 5 rings (SSSR count). The van der Waals surface area contributed by atoms with Gasteiger partial charge in [-0.3, -0.25) is 4.90 Å². The predicted octanol–water partition coefficient (Wildman–Crippen LogP) is 3.68. The van der Waals surface area contributed by atoms with Crippen molar-refractivity contribution in [2.45, 2.75) is 38.6 Å². The lowest BCUT2D eigenvalue weighted by atomic mass is 10.00. The van der Waals surface area contributed by atoms with Crippen LogP contribution in [0.1, 0.15) is 48.8 Å². The van der Waals surface area contributed by atoms with Gasteiger partial charge in [0, 0.05) is 32.2 Å². The second-order valence-electron chi connectivity index (χ2n) is 9.33. The third-order valence-electron chi connectivity index (χ3n) is 6.85. The molecule has 9 heteroatoms. The molecule has 0 amide bonds. The number of rotatable bonds is 5. The highest BCUT2D eigenvalue weighted by molar-refractivity contribution is 5.98. The van der Waals surface area contributed by atoms with E-state index in [0.29, 0.717) is 17.4 Å². The fourth-order valence-electron chi connectivity index (χ4n) is 5.06. The SMILES string of the molecule is CC(C)c1nn(-c2ccc(F)cc2)c2nc(C(=O)O)cc(N3CCC(N4CCOCC4)CC3)c12. The van der Waals surface area contributed by atoms with Gasteiger partial charge in [0.1, 0.15) is 5.82 Å². The maximum absolute atomic E-state index is 13.6. The zero-order valence-corrected chi connectivity index (χ0v) is 19.6. The summed E-state index contributed by atoms with van der Waals surface area (Å²) < 4.78 is 20.7.